The molecule has 4 aromatic carbocycles. The van der Waals surface area contributed by atoms with E-state index in [1.807, 2.05) is 121 Å². The molecule has 0 aliphatic carbocycles. The summed E-state index contributed by atoms with van der Waals surface area (Å²) in [7, 11) is 5.03. The molecule has 4 aliphatic heterocycles. The molecule has 9 aromatic rings. The van der Waals surface area contributed by atoms with Crippen LogP contribution in [-0.4, -0.2) is 91.8 Å². The van der Waals surface area contributed by atoms with Crippen molar-refractivity contribution in [2.75, 3.05) is 28.4 Å². The molecule has 0 spiro atoms. The van der Waals surface area contributed by atoms with Crippen LogP contribution in [-0.2, 0) is 44.9 Å². The van der Waals surface area contributed by atoms with Gasteiger partial charge in [-0.1, -0.05) is 94.9 Å². The minimum absolute atomic E-state index is 0.0233. The molecule has 0 saturated carbocycles. The quantitative estimate of drug-likeness (QED) is 0.108. The highest BCUT2D eigenvalue weighted by Gasteiger charge is 2.46. The minimum Gasteiger partial charge on any atom is -0.465 e. The van der Waals surface area contributed by atoms with Gasteiger partial charge in [0.05, 0.1) is 75.7 Å². The number of halogens is 4. The number of rotatable bonds is 8. The number of carbonyl (C=O) groups excluding carboxylic acids is 4. The van der Waals surface area contributed by atoms with Crippen LogP contribution in [0.2, 0.25) is 20.1 Å². The Morgan fingerprint density at radius 2 is 0.671 bits per heavy atom. The first-order valence-corrected chi connectivity index (χ1v) is 27.6. The fourth-order valence-electron chi connectivity index (χ4n) is 12.4. The third-order valence-electron chi connectivity index (χ3n) is 16.1. The number of hydrogen-bond donors (Lipinski definition) is 2. The average Bonchev–Trinajstić information content (AvgIpc) is 4.53. The lowest BCUT2D eigenvalue weighted by molar-refractivity contribution is 0.0551. The van der Waals surface area contributed by atoms with E-state index in [1.165, 1.54) is 28.4 Å². The summed E-state index contributed by atoms with van der Waals surface area (Å²) in [6.45, 7) is 0.412. The first-order valence-electron chi connectivity index (χ1n) is 26.1. The van der Waals surface area contributed by atoms with Crippen molar-refractivity contribution in [1.82, 2.24) is 39.5 Å². The number of fused-ring (bicyclic) bond motifs is 16. The van der Waals surface area contributed by atoms with Gasteiger partial charge >= 0.3 is 23.9 Å². The molecule has 4 unspecified atom stereocenters. The highest BCUT2D eigenvalue weighted by atomic mass is 35.5. The molecule has 0 radical (unpaired) electrons. The molecule has 8 bridgehead atoms. The van der Waals surface area contributed by atoms with E-state index in [4.69, 9.17) is 85.5 Å². The standard InChI is InChI=1S/C62H46Cl4N8O8/c1-79-59(75)51-45-25-37-39(27-73(45)71-57(51)61(77)81-3)55-49(31-9-17-35(65)18-10-31)43-23-24-44(68-43)50(32-11-19-36(66)20-12-32)56-40-28-74-46(52(60(76)80-2)58(72-74)62(78)82-4)26-38(40)54(70-56)48(30-7-15-34(64)16-8-30)42-22-21-41(67-42)47(53(37)69-55)29-5-13-33(63)14-6-29/h5-24,37-40,67-68H,25-28H2,1-4H3. The van der Waals surface area contributed by atoms with Gasteiger partial charge in [-0.2, -0.15) is 10.2 Å². The Morgan fingerprint density at radius 1 is 0.402 bits per heavy atom. The van der Waals surface area contributed by atoms with Crippen molar-refractivity contribution in [3.63, 3.8) is 0 Å². The Hall–Kier alpha value is -8.54. The highest BCUT2D eigenvalue weighted by Crippen LogP contribution is 2.53. The summed E-state index contributed by atoms with van der Waals surface area (Å²) in [5, 5.41) is 11.7. The van der Waals surface area contributed by atoms with Crippen molar-refractivity contribution >= 4 is 92.3 Å². The van der Waals surface area contributed by atoms with Gasteiger partial charge in [0, 0.05) is 88.1 Å². The lowest BCUT2D eigenvalue weighted by Crippen LogP contribution is -2.26. The van der Waals surface area contributed by atoms with E-state index in [1.54, 1.807) is 9.36 Å². The van der Waals surface area contributed by atoms with Crippen LogP contribution >= 0.6 is 46.4 Å². The van der Waals surface area contributed by atoms with Crippen LogP contribution in [0.25, 0.3) is 66.6 Å². The first kappa shape index (κ1) is 52.8. The fourth-order valence-corrected chi connectivity index (χ4v) is 12.9. The maximum atomic E-state index is 13.8. The van der Waals surface area contributed by atoms with E-state index in [0.717, 1.165) is 44.5 Å². The van der Waals surface area contributed by atoms with Crippen molar-refractivity contribution in [3.8, 4) is 44.5 Å². The molecular weight excluding hydrogens is 1130 g/mol. The zero-order valence-corrected chi connectivity index (χ0v) is 47.2. The summed E-state index contributed by atoms with van der Waals surface area (Å²) < 4.78 is 24.4. The molecular formula is C62H46Cl4N8O8. The molecule has 410 valence electrons. The first-order chi connectivity index (χ1) is 39.7. The van der Waals surface area contributed by atoms with Crippen LogP contribution in [0.1, 0.15) is 99.5 Å². The Morgan fingerprint density at radius 3 is 0.939 bits per heavy atom. The van der Waals surface area contributed by atoms with Gasteiger partial charge in [0.2, 0.25) is 0 Å². The van der Waals surface area contributed by atoms with E-state index >= 15 is 0 Å². The second-order valence-corrected chi connectivity index (χ2v) is 22.1. The van der Waals surface area contributed by atoms with Gasteiger partial charge in [-0.25, -0.2) is 19.2 Å². The molecule has 16 nitrogen and oxygen atoms in total. The summed E-state index contributed by atoms with van der Waals surface area (Å²) in [6, 6.07) is 38.4. The van der Waals surface area contributed by atoms with E-state index in [9.17, 15) is 19.2 Å². The van der Waals surface area contributed by atoms with Gasteiger partial charge in [0.1, 0.15) is 11.1 Å². The number of carbonyl (C=O) groups is 4. The number of esters is 4. The monoisotopic (exact) mass is 1170 g/mol. The Labute approximate surface area is 487 Å². The normalized spacial score (nSPS) is 16.8. The number of H-pyrrole nitrogens is 2. The predicted molar refractivity (Wildman–Crippen MR) is 311 cm³/mol. The summed E-state index contributed by atoms with van der Waals surface area (Å²) in [5.74, 6) is -4.69. The van der Waals surface area contributed by atoms with Crippen molar-refractivity contribution in [2.45, 2.75) is 49.6 Å². The van der Waals surface area contributed by atoms with Crippen molar-refractivity contribution in [2.24, 2.45) is 0 Å². The highest BCUT2D eigenvalue weighted by molar-refractivity contribution is 6.31. The number of methoxy groups -OCH3 is 4. The van der Waals surface area contributed by atoms with Gasteiger partial charge < -0.3 is 28.9 Å². The van der Waals surface area contributed by atoms with E-state index in [0.29, 0.717) is 76.3 Å². The van der Waals surface area contributed by atoms with E-state index in [2.05, 4.69) is 9.97 Å². The summed E-state index contributed by atoms with van der Waals surface area (Å²) in [6.07, 6.45) is 0.430. The molecule has 9 heterocycles. The Kier molecular flexibility index (Phi) is 13.4. The summed E-state index contributed by atoms with van der Waals surface area (Å²) in [5.41, 5.74) is 12.5. The van der Waals surface area contributed by atoms with E-state index < -0.39 is 47.5 Å². The molecule has 0 amide bonds. The second kappa shape index (κ2) is 20.8. The van der Waals surface area contributed by atoms with Crippen LogP contribution in [0.3, 0.4) is 0 Å². The maximum absolute atomic E-state index is 13.8. The number of benzene rings is 4. The van der Waals surface area contributed by atoms with Crippen LogP contribution in [0.5, 0.6) is 0 Å². The SMILES string of the molecule is COC(=O)c1nn2c(c1C(=O)OC)CC1c3nc(c(-c4ccc(Cl)cc4)c4ccc([nH]4)c(-c4ccc(Cl)cc4)c4nc(c(-c5ccc(Cl)cc5)c5ccc([nH]5)c3-c3ccc(Cl)cc3)C3Cc5c(C(=O)OC)c(C(=O)OC)nn5CC43)C1C2. The summed E-state index contributed by atoms with van der Waals surface area (Å²) in [4.78, 5) is 74.0. The average molecular weight is 1170 g/mol. The molecule has 0 fully saturated rings. The zero-order chi connectivity index (χ0) is 56.8. The summed E-state index contributed by atoms with van der Waals surface area (Å²) >= 11 is 26.6. The Bertz CT molecular complexity index is 4050. The van der Waals surface area contributed by atoms with Crippen LogP contribution in [0, 0.1) is 0 Å². The lowest BCUT2D eigenvalue weighted by atomic mass is 9.79. The van der Waals surface area contributed by atoms with Gasteiger partial charge in [-0.15, -0.1) is 0 Å². The molecule has 82 heavy (non-hydrogen) atoms. The van der Waals surface area contributed by atoms with Gasteiger partial charge in [-0.3, -0.25) is 19.3 Å². The molecule has 20 heteroatoms. The molecule has 0 saturated heterocycles. The van der Waals surface area contributed by atoms with Gasteiger partial charge in [0.25, 0.3) is 0 Å². The number of ether oxygens (including phenoxy) is 4. The molecule has 13 rings (SSSR count). The maximum Gasteiger partial charge on any atom is 0.359 e. The molecule has 5 aromatic heterocycles. The number of nitrogens with one attached hydrogen (secondary N) is 2. The molecule has 2 N–H and O–H groups in total. The fraction of sp³-hybridized carbons (Fsp3) is 0.194. The predicted octanol–water partition coefficient (Wildman–Crippen LogP) is 13.4. The molecule has 4 aliphatic rings. The van der Waals surface area contributed by atoms with Crippen LogP contribution < -0.4 is 0 Å². The largest absolute Gasteiger partial charge is 0.465 e. The number of hydrogen-bond acceptors (Lipinski definition) is 12. The smallest absolute Gasteiger partial charge is 0.359 e. The minimum atomic E-state index is -0.775. The van der Waals surface area contributed by atoms with Crippen molar-refractivity contribution < 1.29 is 38.1 Å². The number of nitrogens with zero attached hydrogens (tertiary/aromatic N) is 6. The topological polar surface area (TPSA) is 198 Å². The van der Waals surface area contributed by atoms with Crippen LogP contribution in [0.15, 0.2) is 121 Å². The number of aromatic nitrogens is 8. The second-order valence-electron chi connectivity index (χ2n) is 20.4. The number of aromatic amines is 2. The van der Waals surface area contributed by atoms with Crippen molar-refractivity contribution in [1.29, 1.82) is 0 Å². The Balaban J connectivity index is 1.21. The van der Waals surface area contributed by atoms with Crippen LogP contribution in [0.4, 0.5) is 0 Å². The third kappa shape index (κ3) is 8.74. The van der Waals surface area contributed by atoms with Gasteiger partial charge in [-0.05, 0) is 108 Å². The lowest BCUT2D eigenvalue weighted by Gasteiger charge is -2.29. The zero-order valence-electron chi connectivity index (χ0n) is 44.1. The third-order valence-corrected chi connectivity index (χ3v) is 17.1. The molecule has 4 atom stereocenters. The van der Waals surface area contributed by atoms with Gasteiger partial charge in [0.15, 0.2) is 11.4 Å². The van der Waals surface area contributed by atoms with Crippen molar-refractivity contribution in [3.05, 3.63) is 198 Å². The van der Waals surface area contributed by atoms with E-state index in [-0.39, 0.29) is 48.4 Å².